The van der Waals surface area contributed by atoms with E-state index in [0.29, 0.717) is 0 Å². The van der Waals surface area contributed by atoms with Crippen molar-refractivity contribution in [3.05, 3.63) is 12.7 Å². The van der Waals surface area contributed by atoms with Crippen molar-refractivity contribution in [2.24, 2.45) is 0 Å². The van der Waals surface area contributed by atoms with Crippen LogP contribution in [0.2, 0.25) is 0 Å². The molecule has 0 saturated carbocycles. The van der Waals surface area contributed by atoms with E-state index in [1.54, 1.807) is 5.06 Å². The van der Waals surface area contributed by atoms with Crippen LogP contribution in [0, 0.1) is 0 Å². The predicted octanol–water partition coefficient (Wildman–Crippen LogP) is -0.328. The topological polar surface area (TPSA) is 52.9 Å². The standard InChI is InChI=1S/C9H15NO3/c1-2-6-3-7-4-8(9(12)5-11)10(6)13-7/h2,6-9,11-12H,1,3-5H2/t6-,7+,8-,9+/m0/s1. The molecule has 13 heavy (non-hydrogen) atoms. The third-order valence-corrected chi connectivity index (χ3v) is 2.84. The van der Waals surface area contributed by atoms with Gasteiger partial charge in [-0.2, -0.15) is 5.06 Å². The molecule has 2 aliphatic rings. The Hall–Kier alpha value is -0.420. The summed E-state index contributed by atoms with van der Waals surface area (Å²) in [6, 6.07) is 0.136. The lowest BCUT2D eigenvalue weighted by molar-refractivity contribution is -0.148. The number of fused-ring (bicyclic) bond motifs is 2. The van der Waals surface area contributed by atoms with E-state index < -0.39 is 6.10 Å². The molecular weight excluding hydrogens is 170 g/mol. The molecule has 4 heteroatoms. The van der Waals surface area contributed by atoms with E-state index in [1.165, 1.54) is 0 Å². The van der Waals surface area contributed by atoms with Gasteiger partial charge in [0, 0.05) is 0 Å². The van der Waals surface area contributed by atoms with Crippen LogP contribution in [0.1, 0.15) is 12.8 Å². The van der Waals surface area contributed by atoms with Gasteiger partial charge >= 0.3 is 0 Å². The monoisotopic (exact) mass is 185 g/mol. The molecule has 0 aromatic carbocycles. The molecule has 2 bridgehead atoms. The van der Waals surface area contributed by atoms with E-state index in [9.17, 15) is 5.11 Å². The van der Waals surface area contributed by atoms with Crippen LogP contribution in [0.5, 0.6) is 0 Å². The molecule has 1 unspecified atom stereocenters. The highest BCUT2D eigenvalue weighted by molar-refractivity contribution is 5.00. The number of piperidine rings is 1. The molecule has 2 fully saturated rings. The summed E-state index contributed by atoms with van der Waals surface area (Å²) >= 11 is 0. The van der Waals surface area contributed by atoms with E-state index in [0.717, 1.165) is 12.8 Å². The van der Waals surface area contributed by atoms with Crippen LogP contribution in [-0.2, 0) is 4.84 Å². The largest absolute Gasteiger partial charge is 0.394 e. The summed E-state index contributed by atoms with van der Waals surface area (Å²) in [5, 5.41) is 20.1. The quantitative estimate of drug-likeness (QED) is 0.591. The van der Waals surface area contributed by atoms with E-state index in [1.807, 2.05) is 6.08 Å². The van der Waals surface area contributed by atoms with Gasteiger partial charge in [-0.05, 0) is 12.8 Å². The van der Waals surface area contributed by atoms with Gasteiger partial charge in [-0.25, -0.2) is 0 Å². The Labute approximate surface area is 77.4 Å². The lowest BCUT2D eigenvalue weighted by Gasteiger charge is -2.29. The van der Waals surface area contributed by atoms with E-state index in [2.05, 4.69) is 6.58 Å². The lowest BCUT2D eigenvalue weighted by atomic mass is 9.95. The number of rotatable bonds is 3. The van der Waals surface area contributed by atoms with Gasteiger partial charge in [-0.1, -0.05) is 6.08 Å². The number of aliphatic hydroxyl groups is 2. The van der Waals surface area contributed by atoms with Gasteiger partial charge in [-0.3, -0.25) is 4.84 Å². The smallest absolute Gasteiger partial charge is 0.0950 e. The Balaban J connectivity index is 2.05. The molecule has 0 spiro atoms. The van der Waals surface area contributed by atoms with E-state index >= 15 is 0 Å². The number of aliphatic hydroxyl groups excluding tert-OH is 2. The second-order valence-corrected chi connectivity index (χ2v) is 3.68. The molecular formula is C9H15NO3. The Morgan fingerprint density at radius 1 is 1.62 bits per heavy atom. The second kappa shape index (κ2) is 3.38. The first-order valence-electron chi connectivity index (χ1n) is 4.63. The number of hydrogen-bond acceptors (Lipinski definition) is 4. The van der Waals surface area contributed by atoms with Gasteiger partial charge in [0.25, 0.3) is 0 Å². The Morgan fingerprint density at radius 3 is 2.92 bits per heavy atom. The third-order valence-electron chi connectivity index (χ3n) is 2.84. The Bertz CT molecular complexity index is 209. The summed E-state index contributed by atoms with van der Waals surface area (Å²) in [6.45, 7) is 3.51. The van der Waals surface area contributed by atoms with E-state index in [-0.39, 0.29) is 24.8 Å². The number of hydrogen-bond donors (Lipinski definition) is 2. The highest BCUT2D eigenvalue weighted by Crippen LogP contribution is 2.36. The molecule has 2 saturated heterocycles. The Morgan fingerprint density at radius 2 is 2.38 bits per heavy atom. The molecule has 5 atom stereocenters. The maximum absolute atomic E-state index is 9.49. The molecule has 2 N–H and O–H groups in total. The maximum Gasteiger partial charge on any atom is 0.0950 e. The van der Waals surface area contributed by atoms with Crippen LogP contribution in [0.15, 0.2) is 12.7 Å². The van der Waals surface area contributed by atoms with Gasteiger partial charge in [0.2, 0.25) is 0 Å². The minimum atomic E-state index is -0.701. The van der Waals surface area contributed by atoms with Crippen LogP contribution >= 0.6 is 0 Å². The molecule has 0 radical (unpaired) electrons. The zero-order chi connectivity index (χ0) is 9.42. The first-order chi connectivity index (χ1) is 6.26. The van der Waals surface area contributed by atoms with Gasteiger partial charge in [0.15, 0.2) is 0 Å². The molecule has 2 heterocycles. The molecule has 74 valence electrons. The summed E-state index contributed by atoms with van der Waals surface area (Å²) in [5.74, 6) is 0. The summed E-state index contributed by atoms with van der Waals surface area (Å²) < 4.78 is 0. The maximum atomic E-state index is 9.49. The summed E-state index contributed by atoms with van der Waals surface area (Å²) in [6.07, 6.45) is 3.10. The van der Waals surface area contributed by atoms with Crippen molar-refractivity contribution < 1.29 is 15.1 Å². The van der Waals surface area contributed by atoms with Crippen LogP contribution in [0.3, 0.4) is 0 Å². The predicted molar refractivity (Wildman–Crippen MR) is 46.8 cm³/mol. The fourth-order valence-electron chi connectivity index (χ4n) is 2.15. The third kappa shape index (κ3) is 1.40. The summed E-state index contributed by atoms with van der Waals surface area (Å²) in [4.78, 5) is 5.50. The summed E-state index contributed by atoms with van der Waals surface area (Å²) in [5.41, 5.74) is 0. The summed E-state index contributed by atoms with van der Waals surface area (Å²) in [7, 11) is 0. The molecule has 2 rings (SSSR count). The first-order valence-corrected chi connectivity index (χ1v) is 4.63. The highest BCUT2D eigenvalue weighted by atomic mass is 16.7. The number of hydroxylamine groups is 2. The van der Waals surface area contributed by atoms with Crippen molar-refractivity contribution in [1.29, 1.82) is 0 Å². The average Bonchev–Trinajstić information content (AvgIpc) is 2.74. The fraction of sp³-hybridized carbons (Fsp3) is 0.778. The minimum absolute atomic E-state index is 0.0632. The average molecular weight is 185 g/mol. The molecule has 0 aliphatic carbocycles. The molecule has 4 nitrogen and oxygen atoms in total. The van der Waals surface area contributed by atoms with Crippen molar-refractivity contribution in [1.82, 2.24) is 5.06 Å². The minimum Gasteiger partial charge on any atom is -0.394 e. The Kier molecular flexibility index (Phi) is 2.38. The first kappa shape index (κ1) is 9.15. The normalized spacial score (nSPS) is 45.1. The number of nitrogens with zero attached hydrogens (tertiary/aromatic N) is 1. The molecule has 2 aliphatic heterocycles. The van der Waals surface area contributed by atoms with Crippen molar-refractivity contribution in [2.75, 3.05) is 6.61 Å². The zero-order valence-electron chi connectivity index (χ0n) is 7.47. The fourth-order valence-corrected chi connectivity index (χ4v) is 2.15. The van der Waals surface area contributed by atoms with Crippen molar-refractivity contribution in [3.8, 4) is 0 Å². The van der Waals surface area contributed by atoms with Crippen LogP contribution in [0.25, 0.3) is 0 Å². The van der Waals surface area contributed by atoms with Gasteiger partial charge < -0.3 is 10.2 Å². The second-order valence-electron chi connectivity index (χ2n) is 3.68. The van der Waals surface area contributed by atoms with Crippen molar-refractivity contribution >= 4 is 0 Å². The van der Waals surface area contributed by atoms with Gasteiger partial charge in [-0.15, -0.1) is 6.58 Å². The van der Waals surface area contributed by atoms with Crippen LogP contribution < -0.4 is 0 Å². The zero-order valence-corrected chi connectivity index (χ0v) is 7.47. The van der Waals surface area contributed by atoms with Crippen molar-refractivity contribution in [3.63, 3.8) is 0 Å². The van der Waals surface area contributed by atoms with Crippen LogP contribution in [-0.4, -0.2) is 46.2 Å². The van der Waals surface area contributed by atoms with Crippen molar-refractivity contribution in [2.45, 2.75) is 37.1 Å². The highest BCUT2D eigenvalue weighted by Gasteiger charge is 2.47. The van der Waals surface area contributed by atoms with Crippen LogP contribution in [0.4, 0.5) is 0 Å². The lowest BCUT2D eigenvalue weighted by Crippen LogP contribution is -2.45. The molecule has 0 aromatic rings. The van der Waals surface area contributed by atoms with Gasteiger partial charge in [0.1, 0.15) is 0 Å². The molecule has 0 amide bonds. The van der Waals surface area contributed by atoms with Gasteiger partial charge in [0.05, 0.1) is 30.9 Å². The van der Waals surface area contributed by atoms with E-state index in [4.69, 9.17) is 9.94 Å². The molecule has 0 aromatic heterocycles. The SMILES string of the molecule is C=C[C@H]1C[C@@H]2C[C@@H]([C@H](O)CO)N1O2.